The predicted molar refractivity (Wildman–Crippen MR) is 139 cm³/mol. The van der Waals surface area contributed by atoms with Gasteiger partial charge in [-0.3, -0.25) is 4.72 Å². The quantitative estimate of drug-likeness (QED) is 0.305. The molecule has 5 rings (SSSR count). The van der Waals surface area contributed by atoms with Crippen molar-refractivity contribution < 1.29 is 17.5 Å². The molecule has 5 aromatic rings. The molecule has 0 unspecified atom stereocenters. The number of fused-ring (bicyclic) bond motifs is 1. The van der Waals surface area contributed by atoms with Crippen LogP contribution in [0.1, 0.15) is 11.3 Å². The molecule has 2 aromatic carbocycles. The van der Waals surface area contributed by atoms with Crippen molar-refractivity contribution in [1.82, 2.24) is 15.0 Å². The van der Waals surface area contributed by atoms with Gasteiger partial charge in [0, 0.05) is 29.1 Å². The van der Waals surface area contributed by atoms with Crippen LogP contribution in [0.4, 0.5) is 10.1 Å². The second-order valence-corrected chi connectivity index (χ2v) is 10.6. The summed E-state index contributed by atoms with van der Waals surface area (Å²) in [5, 5.41) is 9.62. The lowest BCUT2D eigenvalue weighted by Gasteiger charge is -2.14. The van der Waals surface area contributed by atoms with Gasteiger partial charge >= 0.3 is 0 Å². The summed E-state index contributed by atoms with van der Waals surface area (Å²) in [6.45, 7) is 1.78. The fourth-order valence-corrected chi connectivity index (χ4v) is 6.04. The SMILES string of the molecule is COc1ccc(F)cc1S(=O)(=O)Nc1cccc(-c2nc3cc(-c4ccc(C#N)nc4)cnc3s2)c1C. The standard InChI is InChI=1S/C26H18FN5O3S2/c1-15-20(4-3-5-21(15)32-37(33,34)24-11-18(27)7-9-23(24)35-2)25-31-22-10-17(14-30-26(22)36-25)16-6-8-19(12-28)29-13-16/h3-11,13-14,32H,1-2H3. The molecule has 0 aliphatic heterocycles. The topological polar surface area (TPSA) is 118 Å². The van der Waals surface area contributed by atoms with E-state index < -0.39 is 15.8 Å². The van der Waals surface area contributed by atoms with Gasteiger partial charge in [-0.25, -0.2) is 27.8 Å². The van der Waals surface area contributed by atoms with E-state index in [0.717, 1.165) is 33.7 Å². The van der Waals surface area contributed by atoms with Crippen molar-refractivity contribution in [2.45, 2.75) is 11.8 Å². The Morgan fingerprint density at radius 3 is 2.59 bits per heavy atom. The van der Waals surface area contributed by atoms with Crippen molar-refractivity contribution in [3.8, 4) is 33.5 Å². The Hall–Kier alpha value is -4.40. The molecule has 0 amide bonds. The van der Waals surface area contributed by atoms with Crippen LogP contribution in [0, 0.1) is 24.1 Å². The van der Waals surface area contributed by atoms with Crippen molar-refractivity contribution in [2.24, 2.45) is 0 Å². The van der Waals surface area contributed by atoms with E-state index in [1.807, 2.05) is 18.2 Å². The molecule has 0 radical (unpaired) electrons. The number of rotatable bonds is 6. The second kappa shape index (κ2) is 9.57. The monoisotopic (exact) mass is 531 g/mol. The lowest BCUT2D eigenvalue weighted by molar-refractivity contribution is 0.401. The molecule has 184 valence electrons. The van der Waals surface area contributed by atoms with E-state index in [9.17, 15) is 12.8 Å². The zero-order valence-electron chi connectivity index (χ0n) is 19.6. The van der Waals surface area contributed by atoms with Gasteiger partial charge in [-0.1, -0.05) is 23.5 Å². The van der Waals surface area contributed by atoms with Gasteiger partial charge in [0.1, 0.15) is 43.6 Å². The lowest BCUT2D eigenvalue weighted by Crippen LogP contribution is -2.15. The molecule has 0 atom stereocenters. The largest absolute Gasteiger partial charge is 0.495 e. The third kappa shape index (κ3) is 4.72. The van der Waals surface area contributed by atoms with E-state index in [1.165, 1.54) is 24.5 Å². The first-order chi connectivity index (χ1) is 17.8. The third-order valence-electron chi connectivity index (χ3n) is 5.68. The van der Waals surface area contributed by atoms with Crippen molar-refractivity contribution in [3.05, 3.63) is 84.1 Å². The van der Waals surface area contributed by atoms with Gasteiger partial charge in [-0.15, -0.1) is 0 Å². The summed E-state index contributed by atoms with van der Waals surface area (Å²) < 4.78 is 47.6. The molecular formula is C26H18FN5O3S2. The van der Waals surface area contributed by atoms with Crippen LogP contribution in [-0.2, 0) is 10.0 Å². The Morgan fingerprint density at radius 2 is 1.86 bits per heavy atom. The van der Waals surface area contributed by atoms with Gasteiger partial charge in [-0.2, -0.15) is 5.26 Å². The summed E-state index contributed by atoms with van der Waals surface area (Å²) in [7, 11) is -2.81. The average Bonchev–Trinajstić information content (AvgIpc) is 3.33. The molecule has 3 heterocycles. The summed E-state index contributed by atoms with van der Waals surface area (Å²) in [6.07, 6.45) is 3.33. The number of nitrogens with one attached hydrogen (secondary N) is 1. The molecule has 0 bridgehead atoms. The normalized spacial score (nSPS) is 11.3. The Labute approximate surface area is 216 Å². The van der Waals surface area contributed by atoms with E-state index in [0.29, 0.717) is 27.5 Å². The van der Waals surface area contributed by atoms with Crippen LogP contribution in [0.25, 0.3) is 32.0 Å². The summed E-state index contributed by atoms with van der Waals surface area (Å²) in [5.41, 5.74) is 4.34. The zero-order chi connectivity index (χ0) is 26.2. The minimum atomic E-state index is -4.14. The van der Waals surface area contributed by atoms with Crippen molar-refractivity contribution >= 4 is 37.4 Å². The fraction of sp³-hybridized carbons (Fsp3) is 0.0769. The lowest BCUT2D eigenvalue weighted by atomic mass is 10.1. The number of sulfonamides is 1. The maximum Gasteiger partial charge on any atom is 0.265 e. The number of hydrogen-bond acceptors (Lipinski definition) is 8. The van der Waals surface area contributed by atoms with Crippen molar-refractivity contribution in [2.75, 3.05) is 11.8 Å². The van der Waals surface area contributed by atoms with E-state index >= 15 is 0 Å². The van der Waals surface area contributed by atoms with E-state index in [1.54, 1.807) is 43.6 Å². The highest BCUT2D eigenvalue weighted by Gasteiger charge is 2.22. The Morgan fingerprint density at radius 1 is 1.05 bits per heavy atom. The molecule has 11 heteroatoms. The van der Waals surface area contributed by atoms with Gasteiger partial charge in [-0.05, 0) is 55.0 Å². The number of halogens is 1. The molecule has 3 aromatic heterocycles. The predicted octanol–water partition coefficient (Wildman–Crippen LogP) is 5.55. The number of ether oxygens (including phenoxy) is 1. The second-order valence-electron chi connectivity index (χ2n) is 7.99. The summed E-state index contributed by atoms with van der Waals surface area (Å²) in [6, 6.07) is 15.8. The van der Waals surface area contributed by atoms with Gasteiger partial charge in [0.05, 0.1) is 12.8 Å². The minimum absolute atomic E-state index is 0.0354. The number of nitriles is 1. The smallest absolute Gasteiger partial charge is 0.265 e. The molecular weight excluding hydrogens is 513 g/mol. The minimum Gasteiger partial charge on any atom is -0.495 e. The van der Waals surface area contributed by atoms with Crippen LogP contribution in [0.15, 0.2) is 71.9 Å². The molecule has 0 aliphatic rings. The molecule has 1 N–H and O–H groups in total. The number of pyridine rings is 2. The first-order valence-electron chi connectivity index (χ1n) is 10.9. The van der Waals surface area contributed by atoms with E-state index in [-0.39, 0.29) is 10.6 Å². The van der Waals surface area contributed by atoms with E-state index in [2.05, 4.69) is 14.7 Å². The van der Waals surface area contributed by atoms with Crippen molar-refractivity contribution in [3.63, 3.8) is 0 Å². The van der Waals surface area contributed by atoms with Crippen LogP contribution in [0.5, 0.6) is 5.75 Å². The fourth-order valence-electron chi connectivity index (χ4n) is 3.77. The van der Waals surface area contributed by atoms with Gasteiger partial charge in [0.25, 0.3) is 10.0 Å². The van der Waals surface area contributed by atoms with Gasteiger partial charge < -0.3 is 4.74 Å². The average molecular weight is 532 g/mol. The maximum atomic E-state index is 13.8. The first-order valence-corrected chi connectivity index (χ1v) is 13.2. The number of anilines is 1. The highest BCUT2D eigenvalue weighted by atomic mass is 32.2. The summed E-state index contributed by atoms with van der Waals surface area (Å²) in [4.78, 5) is 13.8. The Bertz CT molecular complexity index is 1800. The van der Waals surface area contributed by atoms with Crippen LogP contribution in [0.2, 0.25) is 0 Å². The zero-order valence-corrected chi connectivity index (χ0v) is 21.2. The summed E-state index contributed by atoms with van der Waals surface area (Å²) in [5.74, 6) is -0.655. The van der Waals surface area contributed by atoms with Crippen LogP contribution < -0.4 is 9.46 Å². The number of thiazole rings is 1. The van der Waals surface area contributed by atoms with Gasteiger partial charge in [0.2, 0.25) is 0 Å². The molecule has 8 nitrogen and oxygen atoms in total. The number of hydrogen-bond donors (Lipinski definition) is 1. The Kier molecular flexibility index (Phi) is 6.29. The highest BCUT2D eigenvalue weighted by Crippen LogP contribution is 2.36. The number of nitrogens with zero attached hydrogens (tertiary/aromatic N) is 4. The molecule has 0 saturated heterocycles. The van der Waals surface area contributed by atoms with Crippen LogP contribution in [0.3, 0.4) is 0 Å². The molecule has 0 spiro atoms. The summed E-state index contributed by atoms with van der Waals surface area (Å²) >= 11 is 1.38. The molecule has 0 saturated carbocycles. The maximum absolute atomic E-state index is 13.8. The number of benzene rings is 2. The Balaban J connectivity index is 1.50. The highest BCUT2D eigenvalue weighted by molar-refractivity contribution is 7.92. The number of aromatic nitrogens is 3. The van der Waals surface area contributed by atoms with Crippen LogP contribution in [-0.4, -0.2) is 30.5 Å². The molecule has 0 fully saturated rings. The third-order valence-corrected chi connectivity index (χ3v) is 8.08. The molecule has 0 aliphatic carbocycles. The molecule has 37 heavy (non-hydrogen) atoms. The van der Waals surface area contributed by atoms with E-state index in [4.69, 9.17) is 15.0 Å². The van der Waals surface area contributed by atoms with Crippen LogP contribution >= 0.6 is 11.3 Å². The first kappa shape index (κ1) is 24.3. The van der Waals surface area contributed by atoms with Gasteiger partial charge in [0.15, 0.2) is 0 Å². The number of methoxy groups -OCH3 is 1. The van der Waals surface area contributed by atoms with Crippen molar-refractivity contribution in [1.29, 1.82) is 5.26 Å².